The molecule has 0 atom stereocenters. The van der Waals surface area contributed by atoms with Crippen molar-refractivity contribution in [2.45, 2.75) is 0 Å². The highest BCUT2D eigenvalue weighted by Gasteiger charge is 2.15. The molecule has 0 unspecified atom stereocenters. The van der Waals surface area contributed by atoms with Crippen LogP contribution < -0.4 is 0 Å². The lowest BCUT2D eigenvalue weighted by atomic mass is 10.3. The van der Waals surface area contributed by atoms with Crippen LogP contribution in [-0.2, 0) is 7.05 Å². The van der Waals surface area contributed by atoms with Crippen LogP contribution in [0.5, 0.6) is 0 Å². The molecule has 0 radical (unpaired) electrons. The Labute approximate surface area is 122 Å². The third-order valence-corrected chi connectivity index (χ3v) is 3.20. The minimum absolute atomic E-state index is 0.355. The Kier molecular flexibility index (Phi) is 3.08. The number of nitrogens with zero attached hydrogens (tertiary/aromatic N) is 5. The highest BCUT2D eigenvalue weighted by Crippen LogP contribution is 2.23. The summed E-state index contributed by atoms with van der Waals surface area (Å²) in [6.45, 7) is 0. The second-order valence-corrected chi connectivity index (χ2v) is 5.04. The van der Waals surface area contributed by atoms with E-state index in [2.05, 4.69) is 37.1 Å². The molecule has 0 aliphatic heterocycles. The summed E-state index contributed by atoms with van der Waals surface area (Å²) in [6, 6.07) is 7.43. The number of rotatable bonds is 2. The molecule has 3 heterocycles. The Morgan fingerprint density at radius 1 is 1.40 bits per heavy atom. The first-order valence-corrected chi connectivity index (χ1v) is 6.49. The SMILES string of the molecule is Cn1cc(C#N)cc1-c1nc(-c2ccc(Br)cn2)no1. The second-order valence-electron chi connectivity index (χ2n) is 4.12. The van der Waals surface area contributed by atoms with E-state index in [1.54, 1.807) is 29.1 Å². The summed E-state index contributed by atoms with van der Waals surface area (Å²) in [5, 5.41) is 12.8. The van der Waals surface area contributed by atoms with E-state index in [0.29, 0.717) is 28.7 Å². The van der Waals surface area contributed by atoms with Crippen LogP contribution in [-0.4, -0.2) is 19.7 Å². The number of hydrogen-bond acceptors (Lipinski definition) is 5. The molecule has 0 N–H and O–H groups in total. The molecular formula is C13H8BrN5O. The third-order valence-electron chi connectivity index (χ3n) is 2.74. The number of pyridine rings is 1. The van der Waals surface area contributed by atoms with Crippen molar-refractivity contribution in [1.29, 1.82) is 5.26 Å². The number of hydrogen-bond donors (Lipinski definition) is 0. The zero-order valence-corrected chi connectivity index (χ0v) is 12.0. The zero-order chi connectivity index (χ0) is 14.1. The van der Waals surface area contributed by atoms with Gasteiger partial charge in [-0.05, 0) is 34.1 Å². The standard InChI is InChI=1S/C13H8BrN5O/c1-19-7-8(5-15)4-11(19)13-17-12(18-20-13)10-3-2-9(14)6-16-10/h2-4,6-7H,1H3. The number of nitriles is 1. The van der Waals surface area contributed by atoms with Gasteiger partial charge in [0.15, 0.2) is 0 Å². The second kappa shape index (κ2) is 4.90. The Morgan fingerprint density at radius 2 is 2.25 bits per heavy atom. The van der Waals surface area contributed by atoms with Gasteiger partial charge >= 0.3 is 0 Å². The van der Waals surface area contributed by atoms with E-state index < -0.39 is 0 Å². The monoisotopic (exact) mass is 329 g/mol. The summed E-state index contributed by atoms with van der Waals surface area (Å²) in [6.07, 6.45) is 3.37. The van der Waals surface area contributed by atoms with Gasteiger partial charge in [0.1, 0.15) is 17.5 Å². The van der Waals surface area contributed by atoms with Gasteiger partial charge in [-0.1, -0.05) is 5.16 Å². The molecule has 0 aromatic carbocycles. The van der Waals surface area contributed by atoms with E-state index in [1.165, 1.54) is 0 Å². The van der Waals surface area contributed by atoms with Gasteiger partial charge in [-0.25, -0.2) is 0 Å². The fourth-order valence-electron chi connectivity index (χ4n) is 1.78. The lowest BCUT2D eigenvalue weighted by molar-refractivity contribution is 0.429. The summed E-state index contributed by atoms with van der Waals surface area (Å²) in [7, 11) is 1.82. The quantitative estimate of drug-likeness (QED) is 0.722. The van der Waals surface area contributed by atoms with Gasteiger partial charge in [0.2, 0.25) is 5.82 Å². The fraction of sp³-hybridized carbons (Fsp3) is 0.0769. The van der Waals surface area contributed by atoms with Crippen molar-refractivity contribution in [2.75, 3.05) is 0 Å². The summed E-state index contributed by atoms with van der Waals surface area (Å²) in [5.74, 6) is 0.765. The minimum atomic E-state index is 0.355. The average Bonchev–Trinajstić information content (AvgIpc) is 3.06. The van der Waals surface area contributed by atoms with Gasteiger partial charge < -0.3 is 9.09 Å². The first-order valence-electron chi connectivity index (χ1n) is 5.70. The number of halogens is 1. The van der Waals surface area contributed by atoms with Crippen LogP contribution in [0.3, 0.4) is 0 Å². The van der Waals surface area contributed by atoms with Crippen LogP contribution in [0.15, 0.2) is 39.6 Å². The molecule has 3 aromatic rings. The topological polar surface area (TPSA) is 80.5 Å². The van der Waals surface area contributed by atoms with E-state index in [9.17, 15) is 0 Å². The first kappa shape index (κ1) is 12.6. The van der Waals surface area contributed by atoms with Crippen molar-refractivity contribution in [2.24, 2.45) is 7.05 Å². The van der Waals surface area contributed by atoms with Crippen molar-refractivity contribution in [3.05, 3.63) is 40.6 Å². The maximum Gasteiger partial charge on any atom is 0.274 e. The van der Waals surface area contributed by atoms with Crippen molar-refractivity contribution in [3.8, 4) is 29.2 Å². The van der Waals surface area contributed by atoms with E-state index in [0.717, 1.165) is 4.47 Å². The van der Waals surface area contributed by atoms with E-state index >= 15 is 0 Å². The average molecular weight is 330 g/mol. The van der Waals surface area contributed by atoms with Gasteiger partial charge in [-0.2, -0.15) is 10.2 Å². The Hall–Kier alpha value is -2.46. The fourth-order valence-corrected chi connectivity index (χ4v) is 2.01. The molecule has 0 fully saturated rings. The van der Waals surface area contributed by atoms with Gasteiger partial charge in [0, 0.05) is 23.9 Å². The van der Waals surface area contributed by atoms with Gasteiger partial charge in [-0.3, -0.25) is 4.98 Å². The van der Waals surface area contributed by atoms with E-state index in [-0.39, 0.29) is 0 Å². The predicted molar refractivity (Wildman–Crippen MR) is 74.4 cm³/mol. The third kappa shape index (κ3) is 2.21. The summed E-state index contributed by atoms with van der Waals surface area (Å²) < 4.78 is 7.88. The van der Waals surface area contributed by atoms with Crippen molar-refractivity contribution in [1.82, 2.24) is 19.7 Å². The molecule has 98 valence electrons. The molecule has 0 saturated carbocycles. The highest BCUT2D eigenvalue weighted by molar-refractivity contribution is 9.10. The molecule has 20 heavy (non-hydrogen) atoms. The Bertz CT molecular complexity index is 797. The molecule has 0 amide bonds. The largest absolute Gasteiger partial charge is 0.345 e. The summed E-state index contributed by atoms with van der Waals surface area (Å²) in [5.41, 5.74) is 1.86. The molecule has 0 saturated heterocycles. The number of aryl methyl sites for hydroxylation is 1. The van der Waals surface area contributed by atoms with Crippen molar-refractivity contribution >= 4 is 15.9 Å². The molecule has 3 rings (SSSR count). The maximum absolute atomic E-state index is 8.89. The van der Waals surface area contributed by atoms with Crippen LogP contribution >= 0.6 is 15.9 Å². The lowest BCUT2D eigenvalue weighted by Crippen LogP contribution is -1.89. The molecule has 7 heteroatoms. The Morgan fingerprint density at radius 3 is 2.90 bits per heavy atom. The Balaban J connectivity index is 1.99. The smallest absolute Gasteiger partial charge is 0.274 e. The van der Waals surface area contributed by atoms with Gasteiger partial charge in [0.05, 0.1) is 5.56 Å². The van der Waals surface area contributed by atoms with Crippen molar-refractivity contribution < 1.29 is 4.52 Å². The summed E-state index contributed by atoms with van der Waals surface area (Å²) >= 11 is 3.32. The lowest BCUT2D eigenvalue weighted by Gasteiger charge is -1.95. The molecule has 0 aliphatic carbocycles. The minimum Gasteiger partial charge on any atom is -0.345 e. The van der Waals surface area contributed by atoms with Crippen LogP contribution in [0, 0.1) is 11.3 Å². The summed E-state index contributed by atoms with van der Waals surface area (Å²) in [4.78, 5) is 8.51. The molecular weight excluding hydrogens is 322 g/mol. The molecule has 0 aliphatic rings. The van der Waals surface area contributed by atoms with E-state index in [1.807, 2.05) is 13.1 Å². The normalized spacial score (nSPS) is 10.4. The van der Waals surface area contributed by atoms with Crippen LogP contribution in [0.25, 0.3) is 23.1 Å². The first-order chi connectivity index (χ1) is 9.67. The van der Waals surface area contributed by atoms with E-state index in [4.69, 9.17) is 9.78 Å². The molecule has 3 aromatic heterocycles. The van der Waals surface area contributed by atoms with Gasteiger partial charge in [0.25, 0.3) is 5.89 Å². The highest BCUT2D eigenvalue weighted by atomic mass is 79.9. The van der Waals surface area contributed by atoms with Gasteiger partial charge in [-0.15, -0.1) is 0 Å². The van der Waals surface area contributed by atoms with Crippen molar-refractivity contribution in [3.63, 3.8) is 0 Å². The van der Waals surface area contributed by atoms with Crippen LogP contribution in [0.1, 0.15) is 5.56 Å². The molecule has 0 spiro atoms. The molecule has 0 bridgehead atoms. The zero-order valence-electron chi connectivity index (χ0n) is 10.4. The molecule has 6 nitrogen and oxygen atoms in total. The maximum atomic E-state index is 8.89. The van der Waals surface area contributed by atoms with Crippen LogP contribution in [0.2, 0.25) is 0 Å². The van der Waals surface area contributed by atoms with Crippen LogP contribution in [0.4, 0.5) is 0 Å². The predicted octanol–water partition coefficient (Wildman–Crippen LogP) is 2.77. The number of aromatic nitrogens is 4.